The number of likely N-dealkylation sites (N-methyl/N-ethyl adjacent to an activating group) is 1. The minimum absolute atomic E-state index is 0.0545. The lowest BCUT2D eigenvalue weighted by Gasteiger charge is -2.23. The van der Waals surface area contributed by atoms with E-state index in [1.807, 2.05) is 18.0 Å². The molecule has 0 spiro atoms. The van der Waals surface area contributed by atoms with Gasteiger partial charge >= 0.3 is 0 Å². The molecule has 1 aromatic carbocycles. The van der Waals surface area contributed by atoms with Gasteiger partial charge in [0.2, 0.25) is 0 Å². The summed E-state index contributed by atoms with van der Waals surface area (Å²) in [7, 11) is 3.39. The van der Waals surface area contributed by atoms with E-state index in [0.717, 1.165) is 5.69 Å². The number of anilines is 2. The van der Waals surface area contributed by atoms with Gasteiger partial charge < -0.3 is 20.5 Å². The Morgan fingerprint density at radius 1 is 1.56 bits per heavy atom. The summed E-state index contributed by atoms with van der Waals surface area (Å²) in [6, 6.07) is 5.25. The minimum Gasteiger partial charge on any atom is -0.398 e. The van der Waals surface area contributed by atoms with Gasteiger partial charge in [0.1, 0.15) is 0 Å². The SMILES string of the molecule is COCC(O)CN(C)c1ccc(C(C)=O)c(N)c1. The molecule has 0 saturated heterocycles. The number of aliphatic hydroxyl groups excluding tert-OH is 1. The highest BCUT2D eigenvalue weighted by atomic mass is 16.5. The quantitative estimate of drug-likeness (QED) is 0.581. The number of ether oxygens (including phenoxy) is 1. The second-order valence-electron chi connectivity index (χ2n) is 4.32. The van der Waals surface area contributed by atoms with Crippen LogP contribution in [-0.2, 0) is 4.74 Å². The van der Waals surface area contributed by atoms with Gasteiger partial charge in [0, 0.05) is 37.6 Å². The van der Waals surface area contributed by atoms with Crippen molar-refractivity contribution < 1.29 is 14.6 Å². The summed E-state index contributed by atoms with van der Waals surface area (Å²) in [4.78, 5) is 13.1. The molecular weight excluding hydrogens is 232 g/mol. The van der Waals surface area contributed by atoms with Crippen molar-refractivity contribution in [2.75, 3.05) is 37.9 Å². The maximum atomic E-state index is 11.3. The molecule has 0 radical (unpaired) electrons. The summed E-state index contributed by atoms with van der Waals surface area (Å²) in [5.41, 5.74) is 7.64. The Labute approximate surface area is 107 Å². The molecular formula is C13H20N2O3. The number of Topliss-reactive ketones (excluding diaryl/α,β-unsaturated/α-hetero) is 1. The molecule has 0 amide bonds. The van der Waals surface area contributed by atoms with Crippen LogP contribution in [0.2, 0.25) is 0 Å². The van der Waals surface area contributed by atoms with Crippen LogP contribution in [0.15, 0.2) is 18.2 Å². The number of carbonyl (C=O) groups excluding carboxylic acids is 1. The zero-order valence-electron chi connectivity index (χ0n) is 11.0. The standard InChI is InChI=1S/C13H20N2O3/c1-9(16)12-5-4-10(6-13(12)14)15(2)7-11(17)8-18-3/h4-6,11,17H,7-8,14H2,1-3H3. The second kappa shape index (κ2) is 6.37. The Balaban J connectivity index is 2.78. The fourth-order valence-corrected chi connectivity index (χ4v) is 1.77. The van der Waals surface area contributed by atoms with Crippen molar-refractivity contribution in [2.24, 2.45) is 0 Å². The maximum absolute atomic E-state index is 11.3. The largest absolute Gasteiger partial charge is 0.398 e. The summed E-state index contributed by atoms with van der Waals surface area (Å²) < 4.78 is 4.87. The number of aliphatic hydroxyl groups is 1. The molecule has 0 fully saturated rings. The first-order chi connectivity index (χ1) is 8.45. The van der Waals surface area contributed by atoms with E-state index in [-0.39, 0.29) is 12.4 Å². The van der Waals surface area contributed by atoms with Gasteiger partial charge in [0.05, 0.1) is 12.7 Å². The minimum atomic E-state index is -0.561. The molecule has 0 aliphatic rings. The van der Waals surface area contributed by atoms with E-state index in [1.54, 1.807) is 19.2 Å². The number of benzene rings is 1. The maximum Gasteiger partial charge on any atom is 0.161 e. The third kappa shape index (κ3) is 3.72. The van der Waals surface area contributed by atoms with Crippen molar-refractivity contribution in [2.45, 2.75) is 13.0 Å². The number of carbonyl (C=O) groups is 1. The number of hydrogen-bond acceptors (Lipinski definition) is 5. The molecule has 0 saturated carbocycles. The molecule has 5 heteroatoms. The molecule has 1 rings (SSSR count). The smallest absolute Gasteiger partial charge is 0.161 e. The van der Waals surface area contributed by atoms with Crippen LogP contribution in [0.4, 0.5) is 11.4 Å². The second-order valence-corrected chi connectivity index (χ2v) is 4.32. The van der Waals surface area contributed by atoms with Crippen molar-refractivity contribution in [1.82, 2.24) is 0 Å². The Hall–Kier alpha value is -1.59. The fourth-order valence-electron chi connectivity index (χ4n) is 1.77. The highest BCUT2D eigenvalue weighted by molar-refractivity contribution is 5.99. The van der Waals surface area contributed by atoms with Gasteiger partial charge in [-0.2, -0.15) is 0 Å². The Kier molecular flexibility index (Phi) is 5.12. The predicted molar refractivity (Wildman–Crippen MR) is 72.0 cm³/mol. The van der Waals surface area contributed by atoms with E-state index in [2.05, 4.69) is 0 Å². The first-order valence-corrected chi connectivity index (χ1v) is 5.74. The van der Waals surface area contributed by atoms with Crippen LogP contribution >= 0.6 is 0 Å². The van der Waals surface area contributed by atoms with E-state index < -0.39 is 6.10 Å². The molecule has 0 aliphatic carbocycles. The van der Waals surface area contributed by atoms with Crippen molar-refractivity contribution in [3.8, 4) is 0 Å². The molecule has 1 aromatic rings. The van der Waals surface area contributed by atoms with E-state index >= 15 is 0 Å². The average Bonchev–Trinajstić information content (AvgIpc) is 2.28. The topological polar surface area (TPSA) is 75.8 Å². The lowest BCUT2D eigenvalue weighted by Crippen LogP contribution is -2.31. The van der Waals surface area contributed by atoms with Gasteiger partial charge in [-0.1, -0.05) is 0 Å². The first kappa shape index (κ1) is 14.5. The van der Waals surface area contributed by atoms with Crippen molar-refractivity contribution in [1.29, 1.82) is 0 Å². The molecule has 0 heterocycles. The van der Waals surface area contributed by atoms with Crippen LogP contribution in [0.5, 0.6) is 0 Å². The van der Waals surface area contributed by atoms with E-state index in [4.69, 9.17) is 10.5 Å². The van der Waals surface area contributed by atoms with Crippen LogP contribution in [0.1, 0.15) is 17.3 Å². The van der Waals surface area contributed by atoms with Crippen molar-refractivity contribution in [3.63, 3.8) is 0 Å². The fraction of sp³-hybridized carbons (Fsp3) is 0.462. The average molecular weight is 252 g/mol. The van der Waals surface area contributed by atoms with E-state index in [0.29, 0.717) is 17.8 Å². The Bertz CT molecular complexity index is 421. The van der Waals surface area contributed by atoms with Gasteiger partial charge in [-0.3, -0.25) is 4.79 Å². The van der Waals surface area contributed by atoms with Gasteiger partial charge in [-0.25, -0.2) is 0 Å². The monoisotopic (exact) mass is 252 g/mol. The predicted octanol–water partition coefficient (Wildman–Crippen LogP) is 0.915. The molecule has 18 heavy (non-hydrogen) atoms. The molecule has 100 valence electrons. The number of nitrogens with zero attached hydrogens (tertiary/aromatic N) is 1. The highest BCUT2D eigenvalue weighted by Crippen LogP contribution is 2.21. The van der Waals surface area contributed by atoms with Crippen molar-refractivity contribution in [3.05, 3.63) is 23.8 Å². The number of nitrogen functional groups attached to an aromatic ring is 1. The van der Waals surface area contributed by atoms with Gasteiger partial charge in [-0.15, -0.1) is 0 Å². The third-order valence-corrected chi connectivity index (χ3v) is 2.70. The lowest BCUT2D eigenvalue weighted by molar-refractivity contribution is 0.0695. The van der Waals surface area contributed by atoms with Crippen molar-refractivity contribution >= 4 is 17.2 Å². The Morgan fingerprint density at radius 3 is 2.72 bits per heavy atom. The summed E-state index contributed by atoms with van der Waals surface area (Å²) in [6.07, 6.45) is -0.561. The first-order valence-electron chi connectivity index (χ1n) is 5.74. The van der Waals surface area contributed by atoms with E-state index in [1.165, 1.54) is 6.92 Å². The molecule has 1 unspecified atom stereocenters. The Morgan fingerprint density at radius 2 is 2.22 bits per heavy atom. The van der Waals surface area contributed by atoms with Crippen LogP contribution < -0.4 is 10.6 Å². The van der Waals surface area contributed by atoms with Crippen LogP contribution in [-0.4, -0.2) is 44.3 Å². The molecule has 3 N–H and O–H groups in total. The highest BCUT2D eigenvalue weighted by Gasteiger charge is 2.11. The van der Waals surface area contributed by atoms with Gasteiger partial charge in [0.25, 0.3) is 0 Å². The number of hydrogen-bond donors (Lipinski definition) is 2. The number of ketones is 1. The molecule has 0 aliphatic heterocycles. The molecule has 0 aromatic heterocycles. The third-order valence-electron chi connectivity index (χ3n) is 2.70. The summed E-state index contributed by atoms with van der Waals surface area (Å²) in [6.45, 7) is 2.20. The molecule has 1 atom stereocenters. The van der Waals surface area contributed by atoms with Crippen LogP contribution in [0.25, 0.3) is 0 Å². The van der Waals surface area contributed by atoms with Crippen LogP contribution in [0.3, 0.4) is 0 Å². The molecule has 0 bridgehead atoms. The van der Waals surface area contributed by atoms with E-state index in [9.17, 15) is 9.90 Å². The summed E-state index contributed by atoms with van der Waals surface area (Å²) in [5.74, 6) is -0.0545. The molecule has 5 nitrogen and oxygen atoms in total. The summed E-state index contributed by atoms with van der Waals surface area (Å²) in [5, 5.41) is 9.64. The summed E-state index contributed by atoms with van der Waals surface area (Å²) >= 11 is 0. The van der Waals surface area contributed by atoms with Gasteiger partial charge in [-0.05, 0) is 25.1 Å². The normalized spacial score (nSPS) is 12.2. The zero-order chi connectivity index (χ0) is 13.7. The number of nitrogens with two attached hydrogens (primary N) is 1. The number of rotatable bonds is 6. The zero-order valence-corrected chi connectivity index (χ0v) is 11.0. The van der Waals surface area contributed by atoms with Gasteiger partial charge in [0.15, 0.2) is 5.78 Å². The number of methoxy groups -OCH3 is 1. The van der Waals surface area contributed by atoms with Crippen LogP contribution in [0, 0.1) is 0 Å². The lowest BCUT2D eigenvalue weighted by atomic mass is 10.1.